The molecule has 0 fully saturated rings. The molecule has 0 atom stereocenters. The summed E-state index contributed by atoms with van der Waals surface area (Å²) in [5.41, 5.74) is 0.873. The maximum atomic E-state index is 10.0. The van der Waals surface area contributed by atoms with Gasteiger partial charge in [-0.2, -0.15) is 10.3 Å². The number of isocyanates is 1. The molecule has 14 heavy (non-hydrogen) atoms. The van der Waals surface area contributed by atoms with E-state index in [-0.39, 0.29) is 22.2 Å². The van der Waals surface area contributed by atoms with Crippen LogP contribution >= 0.6 is 23.2 Å². The van der Waals surface area contributed by atoms with Gasteiger partial charge in [0, 0.05) is 0 Å². The number of aliphatic imine (C=N–C) groups is 1. The summed E-state index contributed by atoms with van der Waals surface area (Å²) in [6.45, 7) is 0. The SMILES string of the molecule is N#CCc1cc(Cl)c(N=C=O)c(Cl)c1. The van der Waals surface area contributed by atoms with Crippen LogP contribution in [0.25, 0.3) is 0 Å². The van der Waals surface area contributed by atoms with E-state index in [0.717, 1.165) is 0 Å². The highest BCUT2D eigenvalue weighted by Gasteiger charge is 2.07. The lowest BCUT2D eigenvalue weighted by Crippen LogP contribution is -1.82. The minimum absolute atomic E-state index is 0.185. The van der Waals surface area contributed by atoms with Crippen LogP contribution in [0.2, 0.25) is 10.0 Å². The Hall–Kier alpha value is -1.33. The lowest BCUT2D eigenvalue weighted by atomic mass is 10.1. The van der Waals surface area contributed by atoms with Crippen LogP contribution in [0.4, 0.5) is 5.69 Å². The van der Waals surface area contributed by atoms with Crippen LogP contribution < -0.4 is 0 Å². The molecule has 0 saturated carbocycles. The summed E-state index contributed by atoms with van der Waals surface area (Å²) in [6.07, 6.45) is 1.57. The van der Waals surface area contributed by atoms with Crippen LogP contribution in [-0.4, -0.2) is 6.08 Å². The molecular weight excluding hydrogens is 223 g/mol. The largest absolute Gasteiger partial charge is 0.240 e. The molecule has 0 heterocycles. The molecule has 0 spiro atoms. The molecule has 0 aliphatic rings. The molecule has 0 amide bonds. The van der Waals surface area contributed by atoms with E-state index in [4.69, 9.17) is 28.5 Å². The summed E-state index contributed by atoms with van der Waals surface area (Å²) >= 11 is 11.6. The van der Waals surface area contributed by atoms with Gasteiger partial charge in [-0.05, 0) is 17.7 Å². The van der Waals surface area contributed by atoms with E-state index in [1.54, 1.807) is 12.1 Å². The topological polar surface area (TPSA) is 53.2 Å². The summed E-state index contributed by atoms with van der Waals surface area (Å²) in [7, 11) is 0. The summed E-state index contributed by atoms with van der Waals surface area (Å²) in [4.78, 5) is 13.4. The first-order valence-corrected chi connectivity index (χ1v) is 4.37. The number of carbonyl (C=O) groups excluding carboxylic acids is 1. The number of halogens is 2. The molecule has 70 valence electrons. The van der Waals surface area contributed by atoms with Gasteiger partial charge in [0.2, 0.25) is 6.08 Å². The highest BCUT2D eigenvalue weighted by molar-refractivity contribution is 6.38. The van der Waals surface area contributed by atoms with E-state index in [1.165, 1.54) is 6.08 Å². The number of hydrogen-bond donors (Lipinski definition) is 0. The summed E-state index contributed by atoms with van der Waals surface area (Å²) < 4.78 is 0. The lowest BCUT2D eigenvalue weighted by molar-refractivity contribution is 0.565. The zero-order chi connectivity index (χ0) is 10.6. The Kier molecular flexibility index (Phi) is 3.67. The van der Waals surface area contributed by atoms with Crippen LogP contribution in [0.3, 0.4) is 0 Å². The van der Waals surface area contributed by atoms with Gasteiger partial charge in [-0.15, -0.1) is 0 Å². The zero-order valence-corrected chi connectivity index (χ0v) is 8.43. The Morgan fingerprint density at radius 2 is 1.93 bits per heavy atom. The minimum atomic E-state index is 0.185. The summed E-state index contributed by atoms with van der Waals surface area (Å²) in [5.74, 6) is 0. The van der Waals surface area contributed by atoms with E-state index in [0.29, 0.717) is 5.56 Å². The highest BCUT2D eigenvalue weighted by Crippen LogP contribution is 2.33. The van der Waals surface area contributed by atoms with Crippen LogP contribution in [0.1, 0.15) is 5.56 Å². The van der Waals surface area contributed by atoms with Gasteiger partial charge in [-0.25, -0.2) is 4.79 Å². The van der Waals surface area contributed by atoms with Gasteiger partial charge >= 0.3 is 0 Å². The predicted octanol–water partition coefficient (Wildman–Crippen LogP) is 3.03. The minimum Gasteiger partial charge on any atom is -0.211 e. The number of nitrogens with zero attached hydrogens (tertiary/aromatic N) is 2. The first-order valence-electron chi connectivity index (χ1n) is 3.61. The van der Waals surface area contributed by atoms with Crippen LogP contribution in [0, 0.1) is 11.3 Å². The van der Waals surface area contributed by atoms with Crippen molar-refractivity contribution in [3.8, 4) is 6.07 Å². The van der Waals surface area contributed by atoms with Crippen LogP contribution in [0.5, 0.6) is 0 Å². The molecule has 0 aliphatic carbocycles. The van der Waals surface area contributed by atoms with Gasteiger partial charge in [-0.1, -0.05) is 23.2 Å². The maximum Gasteiger partial charge on any atom is 0.240 e. The second kappa shape index (κ2) is 4.78. The van der Waals surface area contributed by atoms with Crippen molar-refractivity contribution in [3.05, 3.63) is 27.7 Å². The normalized spacial score (nSPS) is 8.93. The number of hydrogen-bond acceptors (Lipinski definition) is 3. The van der Waals surface area contributed by atoms with Crippen molar-refractivity contribution < 1.29 is 4.79 Å². The van der Waals surface area contributed by atoms with Gasteiger partial charge < -0.3 is 0 Å². The van der Waals surface area contributed by atoms with E-state index >= 15 is 0 Å². The third-order valence-corrected chi connectivity index (χ3v) is 2.09. The molecule has 3 nitrogen and oxygen atoms in total. The first kappa shape index (κ1) is 10.7. The molecule has 0 saturated heterocycles. The molecular formula is C9H4Cl2N2O. The van der Waals surface area contributed by atoms with Gasteiger partial charge in [0.25, 0.3) is 0 Å². The van der Waals surface area contributed by atoms with Crippen molar-refractivity contribution in [3.63, 3.8) is 0 Å². The predicted molar refractivity (Wildman–Crippen MR) is 53.6 cm³/mol. The van der Waals surface area contributed by atoms with Crippen molar-refractivity contribution >= 4 is 35.0 Å². The summed E-state index contributed by atoms with van der Waals surface area (Å²) in [5, 5.41) is 8.94. The van der Waals surface area contributed by atoms with Gasteiger partial charge in [0.15, 0.2) is 0 Å². The molecule has 5 heteroatoms. The van der Waals surface area contributed by atoms with Crippen molar-refractivity contribution in [1.29, 1.82) is 5.26 Å². The average molecular weight is 227 g/mol. The van der Waals surface area contributed by atoms with E-state index in [2.05, 4.69) is 4.99 Å². The van der Waals surface area contributed by atoms with E-state index in [9.17, 15) is 4.79 Å². The fourth-order valence-electron chi connectivity index (χ4n) is 0.964. The fraction of sp³-hybridized carbons (Fsp3) is 0.111. The zero-order valence-electron chi connectivity index (χ0n) is 6.92. The second-order valence-electron chi connectivity index (χ2n) is 2.45. The van der Waals surface area contributed by atoms with Crippen LogP contribution in [-0.2, 0) is 11.2 Å². The Balaban J connectivity index is 3.25. The van der Waals surface area contributed by atoms with Gasteiger partial charge in [0.05, 0.1) is 22.5 Å². The molecule has 0 unspecified atom stereocenters. The van der Waals surface area contributed by atoms with Gasteiger partial charge in [0.1, 0.15) is 5.69 Å². The molecule has 0 aliphatic heterocycles. The number of nitriles is 1. The van der Waals surface area contributed by atoms with Crippen molar-refractivity contribution in [2.45, 2.75) is 6.42 Å². The molecule has 0 radical (unpaired) electrons. The second-order valence-corrected chi connectivity index (χ2v) is 3.26. The molecule has 0 bridgehead atoms. The molecule has 0 aromatic heterocycles. The first-order chi connectivity index (χ1) is 6.69. The Morgan fingerprint density at radius 1 is 1.36 bits per heavy atom. The van der Waals surface area contributed by atoms with E-state index in [1.807, 2.05) is 6.07 Å². The quantitative estimate of drug-likeness (QED) is 0.575. The lowest BCUT2D eigenvalue weighted by Gasteiger charge is -2.01. The standard InChI is InChI=1S/C9H4Cl2N2O/c10-7-3-6(1-2-12)4-8(11)9(7)13-5-14/h3-4H,1H2. The highest BCUT2D eigenvalue weighted by atomic mass is 35.5. The Bertz CT molecular complexity index is 422. The van der Waals surface area contributed by atoms with E-state index < -0.39 is 0 Å². The van der Waals surface area contributed by atoms with Crippen molar-refractivity contribution in [1.82, 2.24) is 0 Å². The third-order valence-electron chi connectivity index (χ3n) is 1.52. The molecule has 0 N–H and O–H groups in total. The Morgan fingerprint density at radius 3 is 2.36 bits per heavy atom. The van der Waals surface area contributed by atoms with Crippen LogP contribution in [0.15, 0.2) is 17.1 Å². The summed E-state index contributed by atoms with van der Waals surface area (Å²) in [6, 6.07) is 5.06. The van der Waals surface area contributed by atoms with Crippen molar-refractivity contribution in [2.75, 3.05) is 0 Å². The number of benzene rings is 1. The smallest absolute Gasteiger partial charge is 0.211 e. The van der Waals surface area contributed by atoms with Gasteiger partial charge in [-0.3, -0.25) is 0 Å². The van der Waals surface area contributed by atoms with Crippen molar-refractivity contribution in [2.24, 2.45) is 4.99 Å². The Labute approximate surface area is 90.6 Å². The fourth-order valence-corrected chi connectivity index (χ4v) is 1.58. The maximum absolute atomic E-state index is 10.0. The molecule has 1 aromatic carbocycles. The molecule has 1 rings (SSSR count). The monoisotopic (exact) mass is 226 g/mol. The molecule has 1 aromatic rings. The number of rotatable bonds is 2. The average Bonchev–Trinajstić information content (AvgIpc) is 2.12. The third kappa shape index (κ3) is 2.34.